The van der Waals surface area contributed by atoms with E-state index in [1.54, 1.807) is 0 Å². The summed E-state index contributed by atoms with van der Waals surface area (Å²) in [5.74, 6) is 6.32. The fourth-order valence-corrected chi connectivity index (χ4v) is 2.74. The van der Waals surface area contributed by atoms with Gasteiger partial charge in [0, 0.05) is 19.4 Å². The first-order chi connectivity index (χ1) is 9.88. The maximum atomic E-state index is 5.76. The Hall–Kier alpha value is -1.69. The van der Waals surface area contributed by atoms with Crippen LogP contribution < -0.4 is 11.3 Å². The molecule has 0 radical (unpaired) electrons. The van der Waals surface area contributed by atoms with Gasteiger partial charge in [-0.15, -0.1) is 0 Å². The number of aromatic nitrogens is 2. The number of hydrogen-bond acceptors (Lipinski definition) is 4. The fourth-order valence-electron chi connectivity index (χ4n) is 2.74. The van der Waals surface area contributed by atoms with Gasteiger partial charge in [0.1, 0.15) is 0 Å². The Morgan fingerprint density at radius 3 is 2.90 bits per heavy atom. The van der Waals surface area contributed by atoms with Gasteiger partial charge in [0.15, 0.2) is 0 Å². The highest BCUT2D eigenvalue weighted by atomic mass is 16.5. The summed E-state index contributed by atoms with van der Waals surface area (Å²) >= 11 is 0. The Labute approximate surface area is 118 Å². The molecule has 3 N–H and O–H groups in total. The van der Waals surface area contributed by atoms with Gasteiger partial charge in [-0.1, -0.05) is 18.2 Å². The first kappa shape index (κ1) is 13.3. The third-order valence-corrected chi connectivity index (χ3v) is 3.82. The van der Waals surface area contributed by atoms with Crippen LogP contribution in [-0.2, 0) is 4.74 Å². The van der Waals surface area contributed by atoms with E-state index in [4.69, 9.17) is 10.6 Å². The SMILES string of the molecule is NNC(CC1CCOC1)c1ccnn1-c1ccccc1. The van der Waals surface area contributed by atoms with E-state index in [0.717, 1.165) is 37.4 Å². The third-order valence-electron chi connectivity index (χ3n) is 3.82. The standard InChI is InChI=1S/C15H20N4O/c16-18-14(10-12-7-9-20-11-12)15-6-8-17-19(15)13-4-2-1-3-5-13/h1-6,8,12,14,18H,7,9-11,16H2. The predicted molar refractivity (Wildman–Crippen MR) is 77.2 cm³/mol. The topological polar surface area (TPSA) is 65.1 Å². The number of hydrogen-bond donors (Lipinski definition) is 2. The van der Waals surface area contributed by atoms with Crippen molar-refractivity contribution in [1.29, 1.82) is 0 Å². The molecule has 1 fully saturated rings. The number of nitrogens with one attached hydrogen (secondary N) is 1. The van der Waals surface area contributed by atoms with Crippen LogP contribution >= 0.6 is 0 Å². The zero-order valence-electron chi connectivity index (χ0n) is 11.4. The third kappa shape index (κ3) is 2.75. The van der Waals surface area contributed by atoms with Crippen LogP contribution in [0, 0.1) is 5.92 Å². The van der Waals surface area contributed by atoms with E-state index >= 15 is 0 Å². The first-order valence-corrected chi connectivity index (χ1v) is 7.01. The van der Waals surface area contributed by atoms with Crippen molar-refractivity contribution in [1.82, 2.24) is 15.2 Å². The van der Waals surface area contributed by atoms with Crippen LogP contribution in [0.5, 0.6) is 0 Å². The molecule has 2 heterocycles. The van der Waals surface area contributed by atoms with Crippen molar-refractivity contribution in [2.24, 2.45) is 11.8 Å². The number of ether oxygens (including phenoxy) is 1. The highest BCUT2D eigenvalue weighted by Gasteiger charge is 2.23. The van der Waals surface area contributed by atoms with E-state index in [1.165, 1.54) is 0 Å². The summed E-state index contributed by atoms with van der Waals surface area (Å²) in [7, 11) is 0. The lowest BCUT2D eigenvalue weighted by molar-refractivity contribution is 0.181. The Morgan fingerprint density at radius 1 is 1.35 bits per heavy atom. The molecule has 2 unspecified atom stereocenters. The second-order valence-electron chi connectivity index (χ2n) is 5.19. The summed E-state index contributed by atoms with van der Waals surface area (Å²) in [5.41, 5.74) is 5.06. The summed E-state index contributed by atoms with van der Waals surface area (Å²) in [6, 6.07) is 12.2. The molecule has 2 atom stereocenters. The monoisotopic (exact) mass is 272 g/mol. The quantitative estimate of drug-likeness (QED) is 0.643. The van der Waals surface area contributed by atoms with Gasteiger partial charge in [0.05, 0.1) is 17.4 Å². The van der Waals surface area contributed by atoms with E-state index in [2.05, 4.69) is 10.5 Å². The van der Waals surface area contributed by atoms with Crippen molar-refractivity contribution in [3.63, 3.8) is 0 Å². The molecule has 3 rings (SSSR count). The Balaban J connectivity index is 1.83. The molecule has 1 aliphatic rings. The van der Waals surface area contributed by atoms with Gasteiger partial charge in [0.25, 0.3) is 0 Å². The number of nitrogens with zero attached hydrogens (tertiary/aromatic N) is 2. The Morgan fingerprint density at radius 2 is 2.20 bits per heavy atom. The predicted octanol–water partition coefficient (Wildman–Crippen LogP) is 1.80. The van der Waals surface area contributed by atoms with Gasteiger partial charge in [-0.25, -0.2) is 4.68 Å². The Bertz CT molecular complexity index is 534. The molecule has 106 valence electrons. The molecular formula is C15H20N4O. The van der Waals surface area contributed by atoms with Gasteiger partial charge >= 0.3 is 0 Å². The summed E-state index contributed by atoms with van der Waals surface area (Å²) in [5, 5.41) is 4.42. The summed E-state index contributed by atoms with van der Waals surface area (Å²) in [6.45, 7) is 1.69. The average molecular weight is 272 g/mol. The normalized spacial score (nSPS) is 20.1. The minimum Gasteiger partial charge on any atom is -0.381 e. The number of para-hydroxylation sites is 1. The van der Waals surface area contributed by atoms with Crippen molar-refractivity contribution >= 4 is 0 Å². The highest BCUT2D eigenvalue weighted by molar-refractivity contribution is 5.33. The van der Waals surface area contributed by atoms with Crippen molar-refractivity contribution in [2.45, 2.75) is 18.9 Å². The summed E-state index contributed by atoms with van der Waals surface area (Å²) in [6.07, 6.45) is 3.89. The molecule has 1 aromatic carbocycles. The summed E-state index contributed by atoms with van der Waals surface area (Å²) < 4.78 is 7.39. The molecule has 1 saturated heterocycles. The van der Waals surface area contributed by atoms with Gasteiger partial charge in [-0.3, -0.25) is 11.3 Å². The molecular weight excluding hydrogens is 252 g/mol. The molecule has 0 spiro atoms. The van der Waals surface area contributed by atoms with Crippen molar-refractivity contribution in [3.05, 3.63) is 48.3 Å². The Kier molecular flexibility index (Phi) is 4.11. The average Bonchev–Trinajstić information content (AvgIpc) is 3.17. The molecule has 2 aromatic rings. The van der Waals surface area contributed by atoms with Crippen LogP contribution in [0.2, 0.25) is 0 Å². The molecule has 20 heavy (non-hydrogen) atoms. The van der Waals surface area contributed by atoms with Gasteiger partial charge in [-0.2, -0.15) is 5.10 Å². The molecule has 5 nitrogen and oxygen atoms in total. The fraction of sp³-hybridized carbons (Fsp3) is 0.400. The number of rotatable bonds is 5. The maximum absolute atomic E-state index is 5.76. The molecule has 0 amide bonds. The van der Waals surface area contributed by atoms with E-state index in [0.29, 0.717) is 5.92 Å². The van der Waals surface area contributed by atoms with Crippen LogP contribution in [0.15, 0.2) is 42.6 Å². The summed E-state index contributed by atoms with van der Waals surface area (Å²) in [4.78, 5) is 0. The first-order valence-electron chi connectivity index (χ1n) is 7.01. The molecule has 1 aliphatic heterocycles. The molecule has 0 saturated carbocycles. The van der Waals surface area contributed by atoms with Gasteiger partial charge < -0.3 is 4.74 Å². The van der Waals surface area contributed by atoms with Crippen LogP contribution in [0.4, 0.5) is 0 Å². The van der Waals surface area contributed by atoms with Crippen LogP contribution in [0.25, 0.3) is 5.69 Å². The lowest BCUT2D eigenvalue weighted by Crippen LogP contribution is -2.31. The minimum atomic E-state index is 0.0874. The number of hydrazine groups is 1. The second kappa shape index (κ2) is 6.17. The van der Waals surface area contributed by atoms with E-state index in [-0.39, 0.29) is 6.04 Å². The maximum Gasteiger partial charge on any atom is 0.0649 e. The van der Waals surface area contributed by atoms with Crippen LogP contribution in [0.3, 0.4) is 0 Å². The van der Waals surface area contributed by atoms with E-state index < -0.39 is 0 Å². The van der Waals surface area contributed by atoms with Crippen molar-refractivity contribution in [3.8, 4) is 5.69 Å². The van der Waals surface area contributed by atoms with E-state index in [1.807, 2.05) is 47.3 Å². The van der Waals surface area contributed by atoms with Crippen molar-refractivity contribution < 1.29 is 4.74 Å². The van der Waals surface area contributed by atoms with Gasteiger partial charge in [-0.05, 0) is 37.0 Å². The molecule has 1 aromatic heterocycles. The van der Waals surface area contributed by atoms with Gasteiger partial charge in [0.2, 0.25) is 0 Å². The van der Waals surface area contributed by atoms with Crippen LogP contribution in [0.1, 0.15) is 24.6 Å². The second-order valence-corrected chi connectivity index (χ2v) is 5.19. The van der Waals surface area contributed by atoms with Crippen molar-refractivity contribution in [2.75, 3.05) is 13.2 Å². The number of nitrogens with two attached hydrogens (primary N) is 1. The number of benzene rings is 1. The zero-order valence-corrected chi connectivity index (χ0v) is 11.4. The lowest BCUT2D eigenvalue weighted by atomic mass is 9.97. The highest BCUT2D eigenvalue weighted by Crippen LogP contribution is 2.27. The minimum absolute atomic E-state index is 0.0874. The smallest absolute Gasteiger partial charge is 0.0649 e. The largest absolute Gasteiger partial charge is 0.381 e. The zero-order chi connectivity index (χ0) is 13.8. The van der Waals surface area contributed by atoms with Crippen LogP contribution in [-0.4, -0.2) is 23.0 Å². The molecule has 0 bridgehead atoms. The molecule has 0 aliphatic carbocycles. The van der Waals surface area contributed by atoms with E-state index in [9.17, 15) is 0 Å². The molecule has 5 heteroatoms. The lowest BCUT2D eigenvalue weighted by Gasteiger charge is -2.20.